The lowest BCUT2D eigenvalue weighted by molar-refractivity contribution is -0.123. The summed E-state index contributed by atoms with van der Waals surface area (Å²) in [6, 6.07) is 0.722. The van der Waals surface area contributed by atoms with E-state index < -0.39 is 0 Å². The summed E-state index contributed by atoms with van der Waals surface area (Å²) < 4.78 is 0. The molecule has 116 valence electrons. The summed E-state index contributed by atoms with van der Waals surface area (Å²) in [6.07, 6.45) is 8.64. The molecule has 0 heterocycles. The van der Waals surface area contributed by atoms with Crippen molar-refractivity contribution in [1.82, 2.24) is 5.32 Å². The maximum Gasteiger partial charge on any atom is 0.220 e. The third-order valence-electron chi connectivity index (χ3n) is 5.09. The molecule has 0 bridgehead atoms. The molecule has 20 heavy (non-hydrogen) atoms. The van der Waals surface area contributed by atoms with Gasteiger partial charge in [0.1, 0.15) is 0 Å². The van der Waals surface area contributed by atoms with Gasteiger partial charge in [-0.2, -0.15) is 0 Å². The Morgan fingerprint density at radius 2 is 1.85 bits per heavy atom. The minimum absolute atomic E-state index is 0.264. The van der Waals surface area contributed by atoms with Crippen molar-refractivity contribution >= 4 is 5.91 Å². The van der Waals surface area contributed by atoms with Crippen molar-refractivity contribution in [3.8, 4) is 0 Å². The maximum absolute atomic E-state index is 12.2. The molecule has 0 aromatic heterocycles. The zero-order valence-electron chi connectivity index (χ0n) is 13.5. The number of nitrogens with one attached hydrogen (secondary N) is 1. The number of carbonyl (C=O) groups is 1. The molecule has 0 saturated heterocycles. The topological polar surface area (TPSA) is 55.1 Å². The standard InChI is InChI=1S/C17H32N2O/c1-12-8-13(11-17(2,3)10-12)9-16(20)19-15-6-4-14(18)5-7-15/h12-15H,4-11,18H2,1-3H3,(H,19,20). The monoisotopic (exact) mass is 280 g/mol. The SMILES string of the molecule is CC1CC(CC(=O)NC2CCC(N)CC2)CC(C)(C)C1. The Hall–Kier alpha value is -0.570. The summed E-state index contributed by atoms with van der Waals surface area (Å²) in [5, 5.41) is 3.23. The van der Waals surface area contributed by atoms with E-state index in [1.54, 1.807) is 0 Å². The van der Waals surface area contributed by atoms with Gasteiger partial charge in [0, 0.05) is 18.5 Å². The van der Waals surface area contributed by atoms with Crippen molar-refractivity contribution in [2.75, 3.05) is 0 Å². The van der Waals surface area contributed by atoms with Crippen LogP contribution in [0.15, 0.2) is 0 Å². The van der Waals surface area contributed by atoms with E-state index in [1.807, 2.05) is 0 Å². The first-order chi connectivity index (χ1) is 9.34. The second-order valence-corrected chi connectivity index (χ2v) is 8.16. The molecule has 2 unspecified atom stereocenters. The van der Waals surface area contributed by atoms with E-state index in [0.717, 1.165) is 38.0 Å². The predicted molar refractivity (Wildman–Crippen MR) is 83.3 cm³/mol. The van der Waals surface area contributed by atoms with Crippen LogP contribution in [0.1, 0.15) is 72.1 Å². The van der Waals surface area contributed by atoms with Crippen LogP contribution >= 0.6 is 0 Å². The van der Waals surface area contributed by atoms with E-state index in [0.29, 0.717) is 23.4 Å². The average Bonchev–Trinajstić information content (AvgIpc) is 2.29. The lowest BCUT2D eigenvalue weighted by Gasteiger charge is -2.39. The van der Waals surface area contributed by atoms with E-state index in [9.17, 15) is 4.79 Å². The minimum Gasteiger partial charge on any atom is -0.353 e. The smallest absolute Gasteiger partial charge is 0.220 e. The van der Waals surface area contributed by atoms with Crippen molar-refractivity contribution in [2.45, 2.75) is 84.2 Å². The Labute approximate surface area is 124 Å². The van der Waals surface area contributed by atoms with Crippen molar-refractivity contribution in [2.24, 2.45) is 23.0 Å². The molecule has 0 spiro atoms. The van der Waals surface area contributed by atoms with E-state index in [-0.39, 0.29) is 5.91 Å². The molecular formula is C17H32N2O. The Morgan fingerprint density at radius 3 is 2.45 bits per heavy atom. The summed E-state index contributed by atoms with van der Waals surface area (Å²) in [6.45, 7) is 7.01. The van der Waals surface area contributed by atoms with E-state index in [2.05, 4.69) is 26.1 Å². The Kier molecular flexibility index (Phi) is 5.11. The van der Waals surface area contributed by atoms with Crippen LogP contribution in [0.25, 0.3) is 0 Å². The van der Waals surface area contributed by atoms with Crippen LogP contribution < -0.4 is 11.1 Å². The predicted octanol–water partition coefficient (Wildman–Crippen LogP) is 3.23. The highest BCUT2D eigenvalue weighted by molar-refractivity contribution is 5.76. The van der Waals surface area contributed by atoms with Gasteiger partial charge in [0.15, 0.2) is 0 Å². The zero-order valence-corrected chi connectivity index (χ0v) is 13.5. The molecule has 2 aliphatic rings. The first-order valence-corrected chi connectivity index (χ1v) is 8.39. The Morgan fingerprint density at radius 1 is 1.20 bits per heavy atom. The summed E-state index contributed by atoms with van der Waals surface area (Å²) in [5.74, 6) is 1.59. The fourth-order valence-electron chi connectivity index (χ4n) is 4.51. The fraction of sp³-hybridized carbons (Fsp3) is 0.941. The van der Waals surface area contributed by atoms with E-state index >= 15 is 0 Å². The van der Waals surface area contributed by atoms with Crippen LogP contribution in [-0.4, -0.2) is 18.0 Å². The summed E-state index contributed by atoms with van der Waals surface area (Å²) >= 11 is 0. The molecule has 0 aromatic rings. The van der Waals surface area contributed by atoms with Crippen LogP contribution in [-0.2, 0) is 4.79 Å². The van der Waals surface area contributed by atoms with Gasteiger partial charge in [-0.05, 0) is 62.2 Å². The quantitative estimate of drug-likeness (QED) is 0.834. The number of amides is 1. The molecule has 0 aromatic carbocycles. The molecule has 0 aliphatic heterocycles. The summed E-state index contributed by atoms with van der Waals surface area (Å²) in [4.78, 5) is 12.2. The van der Waals surface area contributed by atoms with Crippen LogP contribution in [0, 0.1) is 17.3 Å². The normalized spacial score (nSPS) is 37.4. The Balaban J connectivity index is 1.76. The number of rotatable bonds is 3. The van der Waals surface area contributed by atoms with Gasteiger partial charge in [0.25, 0.3) is 0 Å². The number of hydrogen-bond acceptors (Lipinski definition) is 2. The van der Waals surface area contributed by atoms with Gasteiger partial charge < -0.3 is 11.1 Å². The molecule has 3 nitrogen and oxygen atoms in total. The highest BCUT2D eigenvalue weighted by Crippen LogP contribution is 2.42. The molecule has 2 saturated carbocycles. The molecule has 2 aliphatic carbocycles. The largest absolute Gasteiger partial charge is 0.353 e. The van der Waals surface area contributed by atoms with Gasteiger partial charge >= 0.3 is 0 Å². The highest BCUT2D eigenvalue weighted by atomic mass is 16.1. The highest BCUT2D eigenvalue weighted by Gasteiger charge is 2.33. The zero-order chi connectivity index (χ0) is 14.8. The molecule has 1 amide bonds. The third-order valence-corrected chi connectivity index (χ3v) is 5.09. The van der Waals surface area contributed by atoms with E-state index in [1.165, 1.54) is 19.3 Å². The van der Waals surface area contributed by atoms with Crippen molar-refractivity contribution in [1.29, 1.82) is 0 Å². The van der Waals surface area contributed by atoms with Gasteiger partial charge in [0.2, 0.25) is 5.91 Å². The second kappa shape index (κ2) is 6.46. The van der Waals surface area contributed by atoms with Gasteiger partial charge in [-0.25, -0.2) is 0 Å². The summed E-state index contributed by atoms with van der Waals surface area (Å²) in [5.41, 5.74) is 6.31. The van der Waals surface area contributed by atoms with Crippen LogP contribution in [0.3, 0.4) is 0 Å². The first-order valence-electron chi connectivity index (χ1n) is 8.39. The first kappa shape index (κ1) is 15.8. The van der Waals surface area contributed by atoms with Crippen LogP contribution in [0.2, 0.25) is 0 Å². The van der Waals surface area contributed by atoms with E-state index in [4.69, 9.17) is 5.73 Å². The van der Waals surface area contributed by atoms with Crippen molar-refractivity contribution in [3.05, 3.63) is 0 Å². The number of hydrogen-bond donors (Lipinski definition) is 2. The van der Waals surface area contributed by atoms with Gasteiger partial charge in [-0.1, -0.05) is 20.8 Å². The van der Waals surface area contributed by atoms with Crippen molar-refractivity contribution in [3.63, 3.8) is 0 Å². The number of carbonyl (C=O) groups excluding carboxylic acids is 1. The molecule has 0 radical (unpaired) electrons. The third kappa shape index (κ3) is 4.76. The molecular weight excluding hydrogens is 248 g/mol. The lowest BCUT2D eigenvalue weighted by atomic mass is 9.67. The fourth-order valence-corrected chi connectivity index (χ4v) is 4.51. The molecule has 3 heteroatoms. The minimum atomic E-state index is 0.264. The molecule has 2 atom stereocenters. The molecule has 3 N–H and O–H groups in total. The summed E-state index contributed by atoms with van der Waals surface area (Å²) in [7, 11) is 0. The Bertz CT molecular complexity index is 332. The number of nitrogens with two attached hydrogens (primary N) is 1. The van der Waals surface area contributed by atoms with Gasteiger partial charge in [-0.15, -0.1) is 0 Å². The maximum atomic E-state index is 12.2. The average molecular weight is 280 g/mol. The van der Waals surface area contributed by atoms with Crippen LogP contribution in [0.5, 0.6) is 0 Å². The van der Waals surface area contributed by atoms with Crippen LogP contribution in [0.4, 0.5) is 0 Å². The molecule has 2 fully saturated rings. The van der Waals surface area contributed by atoms with Gasteiger partial charge in [-0.3, -0.25) is 4.79 Å². The second-order valence-electron chi connectivity index (χ2n) is 8.16. The van der Waals surface area contributed by atoms with Gasteiger partial charge in [0.05, 0.1) is 0 Å². The lowest BCUT2D eigenvalue weighted by Crippen LogP contribution is -2.41. The molecule has 2 rings (SSSR count). The van der Waals surface area contributed by atoms with Crippen molar-refractivity contribution < 1.29 is 4.79 Å².